The Morgan fingerprint density at radius 2 is 1.05 bits per heavy atom. The Morgan fingerprint density at radius 3 is 1.49 bits per heavy atom. The van der Waals surface area contributed by atoms with E-state index >= 15 is 0 Å². The third kappa shape index (κ3) is 24.9. The maximum atomic E-state index is 13.6. The minimum atomic E-state index is -1.33. The van der Waals surface area contributed by atoms with Gasteiger partial charge in [-0.2, -0.15) is 0 Å². The van der Waals surface area contributed by atoms with Crippen LogP contribution < -0.4 is 5.32 Å². The Hall–Kier alpha value is -4.35. The molecule has 0 spiro atoms. The van der Waals surface area contributed by atoms with Crippen LogP contribution in [0.1, 0.15) is 135 Å². The van der Waals surface area contributed by atoms with Gasteiger partial charge in [0.2, 0.25) is 5.91 Å². The minimum absolute atomic E-state index is 0.0747. The predicted molar refractivity (Wildman–Crippen MR) is 238 cm³/mol. The molecule has 0 saturated heterocycles. The number of esters is 4. The highest BCUT2D eigenvalue weighted by Gasteiger charge is 2.38. The number of ether oxygens (including phenoxy) is 5. The summed E-state index contributed by atoms with van der Waals surface area (Å²) in [7, 11) is 0. The van der Waals surface area contributed by atoms with Gasteiger partial charge in [0.1, 0.15) is 40.6 Å². The van der Waals surface area contributed by atoms with Crippen molar-refractivity contribution in [2.75, 3.05) is 58.9 Å². The number of amides is 2. The second-order valence-corrected chi connectivity index (χ2v) is 21.0. The number of hydrogen-bond acceptors (Lipinski definition) is 15. The summed E-state index contributed by atoms with van der Waals surface area (Å²) in [6.45, 7) is 29.6. The smallest absolute Gasteiger partial charge is 0.411 e. The first-order valence-electron chi connectivity index (χ1n) is 22.0. The minimum Gasteiger partial charge on any atom is -0.459 e. The highest BCUT2D eigenvalue weighted by molar-refractivity contribution is 5.86. The standard InChI is InChI=1S/C46H78N6O11/c1-42(2,3)59-37(54)30-50-26-24-49(25-27-51(31-38(55)60-43(4,5)6)29-34-19-16-18-33(28-50)48-34)23-17-22-47-36(53)21-20-35(40(57)62-45(10,11)12)52(41(58)63-46(13,14)15)32-39(56)61-44(7,8)9/h16,18-19,35H,17,20-32H2,1-15H3,(H,47,53). The van der Waals surface area contributed by atoms with E-state index in [-0.39, 0.29) is 43.8 Å². The number of hydrogen-bond donors (Lipinski definition) is 1. The first kappa shape index (κ1) is 54.8. The van der Waals surface area contributed by atoms with E-state index in [9.17, 15) is 28.8 Å². The normalized spacial score (nSPS) is 15.8. The molecule has 17 heteroatoms. The van der Waals surface area contributed by atoms with E-state index in [4.69, 9.17) is 28.7 Å². The SMILES string of the molecule is CC(C)(C)OC(=O)CN1CCN(CCCNC(=O)CCC(C(=O)OC(C)(C)C)N(CC(=O)OC(C)(C)C)C(=O)OC(C)(C)C)CCN(CC(=O)OC(C)(C)C)Cc2cccc(n2)C1. The molecule has 63 heavy (non-hydrogen) atoms. The molecule has 1 aliphatic rings. The quantitative estimate of drug-likeness (QED) is 0.136. The summed E-state index contributed by atoms with van der Waals surface area (Å²) >= 11 is 0. The van der Waals surface area contributed by atoms with Crippen molar-refractivity contribution in [2.45, 2.75) is 170 Å². The van der Waals surface area contributed by atoms with Crippen LogP contribution in [0.3, 0.4) is 0 Å². The van der Waals surface area contributed by atoms with Gasteiger partial charge in [0.05, 0.1) is 24.5 Å². The number of rotatable bonds is 15. The summed E-state index contributed by atoms with van der Waals surface area (Å²) < 4.78 is 28.0. The molecule has 0 saturated carbocycles. The Bertz CT molecular complexity index is 1630. The van der Waals surface area contributed by atoms with Gasteiger partial charge >= 0.3 is 30.0 Å². The average Bonchev–Trinajstić information content (AvgIpc) is 3.06. The maximum absolute atomic E-state index is 13.6. The summed E-state index contributed by atoms with van der Waals surface area (Å²) in [5.74, 6) is -2.57. The van der Waals surface area contributed by atoms with Crippen molar-refractivity contribution in [3.8, 4) is 0 Å². The molecule has 0 aliphatic carbocycles. The molecule has 1 aromatic heterocycles. The highest BCUT2D eigenvalue weighted by Crippen LogP contribution is 2.21. The predicted octanol–water partition coefficient (Wildman–Crippen LogP) is 5.26. The Morgan fingerprint density at radius 1 is 0.619 bits per heavy atom. The summed E-state index contributed by atoms with van der Waals surface area (Å²) in [6, 6.07) is 4.44. The Labute approximate surface area is 376 Å². The van der Waals surface area contributed by atoms with Gasteiger partial charge in [-0.15, -0.1) is 0 Å². The fourth-order valence-electron chi connectivity index (χ4n) is 6.40. The molecule has 2 heterocycles. The molecule has 1 N–H and O–H groups in total. The van der Waals surface area contributed by atoms with Crippen molar-refractivity contribution in [3.63, 3.8) is 0 Å². The summed E-state index contributed by atoms with van der Waals surface area (Å²) in [5, 5.41) is 2.93. The van der Waals surface area contributed by atoms with Crippen molar-refractivity contribution in [1.29, 1.82) is 0 Å². The van der Waals surface area contributed by atoms with Crippen molar-refractivity contribution < 1.29 is 52.5 Å². The van der Waals surface area contributed by atoms with Crippen molar-refractivity contribution >= 4 is 35.9 Å². The van der Waals surface area contributed by atoms with Crippen molar-refractivity contribution in [3.05, 3.63) is 29.6 Å². The third-order valence-electron chi connectivity index (χ3n) is 8.67. The number of carbonyl (C=O) groups is 6. The number of pyridine rings is 1. The molecule has 1 unspecified atom stereocenters. The fourth-order valence-corrected chi connectivity index (χ4v) is 6.40. The van der Waals surface area contributed by atoms with Crippen LogP contribution in [-0.2, 0) is 60.7 Å². The van der Waals surface area contributed by atoms with Crippen LogP contribution in [0.4, 0.5) is 4.79 Å². The van der Waals surface area contributed by atoms with Crippen LogP contribution in [0.2, 0.25) is 0 Å². The number of nitrogens with one attached hydrogen (secondary N) is 1. The molecular weight excluding hydrogens is 813 g/mol. The molecule has 2 rings (SSSR count). The molecule has 358 valence electrons. The number of fused-ring (bicyclic) bond motifs is 2. The van der Waals surface area contributed by atoms with Crippen LogP contribution in [0.15, 0.2) is 18.2 Å². The average molecular weight is 891 g/mol. The monoisotopic (exact) mass is 891 g/mol. The van der Waals surface area contributed by atoms with Gasteiger partial charge in [-0.05, 0) is 135 Å². The van der Waals surface area contributed by atoms with E-state index < -0.39 is 58.6 Å². The zero-order valence-corrected chi connectivity index (χ0v) is 40.9. The topological polar surface area (TPSA) is 186 Å². The van der Waals surface area contributed by atoms with E-state index in [2.05, 4.69) is 10.2 Å². The lowest BCUT2D eigenvalue weighted by molar-refractivity contribution is -0.165. The zero-order chi connectivity index (χ0) is 48.0. The van der Waals surface area contributed by atoms with Crippen molar-refractivity contribution in [2.24, 2.45) is 0 Å². The largest absolute Gasteiger partial charge is 0.459 e. The first-order valence-corrected chi connectivity index (χ1v) is 22.0. The van der Waals surface area contributed by atoms with Crippen LogP contribution in [0.5, 0.6) is 0 Å². The van der Waals surface area contributed by atoms with E-state index in [1.54, 1.807) is 62.3 Å². The van der Waals surface area contributed by atoms with Crippen LogP contribution >= 0.6 is 0 Å². The number of carbonyl (C=O) groups excluding carboxylic acids is 6. The van der Waals surface area contributed by atoms with E-state index in [0.717, 1.165) is 16.3 Å². The third-order valence-corrected chi connectivity index (χ3v) is 8.67. The number of aromatic nitrogens is 1. The van der Waals surface area contributed by atoms with Gasteiger partial charge in [-0.25, -0.2) is 9.59 Å². The Kier molecular flexibility index (Phi) is 20.5. The molecule has 1 atom stereocenters. The molecule has 1 aromatic rings. The first-order chi connectivity index (χ1) is 28.8. The van der Waals surface area contributed by atoms with E-state index in [1.165, 1.54) is 0 Å². The molecule has 17 nitrogen and oxygen atoms in total. The molecule has 0 aromatic carbocycles. The maximum Gasteiger partial charge on any atom is 0.411 e. The van der Waals surface area contributed by atoms with Gasteiger partial charge in [-0.3, -0.25) is 38.9 Å². The second kappa shape index (κ2) is 23.5. The van der Waals surface area contributed by atoms with Crippen LogP contribution in [-0.4, -0.2) is 153 Å². The molecule has 0 fully saturated rings. The molecular formula is C46H78N6O11. The van der Waals surface area contributed by atoms with Crippen LogP contribution in [0.25, 0.3) is 0 Å². The lowest BCUT2D eigenvalue weighted by atomic mass is 10.1. The van der Waals surface area contributed by atoms with E-state index in [1.807, 2.05) is 69.5 Å². The van der Waals surface area contributed by atoms with Gasteiger partial charge in [-0.1, -0.05) is 6.07 Å². The lowest BCUT2D eigenvalue weighted by Crippen LogP contribution is -2.52. The lowest BCUT2D eigenvalue weighted by Gasteiger charge is -2.34. The molecule has 2 amide bonds. The highest BCUT2D eigenvalue weighted by atomic mass is 16.6. The van der Waals surface area contributed by atoms with Gasteiger partial charge in [0.25, 0.3) is 0 Å². The van der Waals surface area contributed by atoms with Crippen LogP contribution in [0, 0.1) is 0 Å². The molecule has 1 aliphatic heterocycles. The van der Waals surface area contributed by atoms with E-state index in [0.29, 0.717) is 58.8 Å². The van der Waals surface area contributed by atoms with Gasteiger partial charge in [0, 0.05) is 52.2 Å². The van der Waals surface area contributed by atoms with Crippen molar-refractivity contribution in [1.82, 2.24) is 29.9 Å². The van der Waals surface area contributed by atoms with Gasteiger partial charge < -0.3 is 33.9 Å². The molecule has 0 radical (unpaired) electrons. The Balaban J connectivity index is 2.25. The molecule has 2 bridgehead atoms. The summed E-state index contributed by atoms with van der Waals surface area (Å²) in [4.78, 5) is 91.6. The fraction of sp³-hybridized carbons (Fsp3) is 0.761. The van der Waals surface area contributed by atoms with Gasteiger partial charge in [0.15, 0.2) is 0 Å². The second-order valence-electron chi connectivity index (χ2n) is 21.0. The zero-order valence-electron chi connectivity index (χ0n) is 40.9. The summed E-state index contributed by atoms with van der Waals surface area (Å²) in [5.41, 5.74) is -2.42. The number of nitrogens with zero attached hydrogens (tertiary/aromatic N) is 5. The summed E-state index contributed by atoms with van der Waals surface area (Å²) in [6.07, 6.45) is -0.668.